The van der Waals surface area contributed by atoms with Crippen molar-refractivity contribution in [2.24, 2.45) is 0 Å². The molecule has 0 spiro atoms. The topological polar surface area (TPSA) is 17.8 Å². The van der Waals surface area contributed by atoms with Crippen molar-refractivity contribution < 1.29 is 0 Å². The van der Waals surface area contributed by atoms with Gasteiger partial charge in [-0.25, -0.2) is 0 Å². The van der Waals surface area contributed by atoms with Crippen LogP contribution >= 0.6 is 11.6 Å². The molecule has 10 heavy (non-hydrogen) atoms. The third kappa shape index (κ3) is 1.51. The Morgan fingerprint density at radius 2 is 2.50 bits per heavy atom. The standard InChI is InChI=1S/C7H11ClN2/c1-3-6(2)10-5-7(8)4-9-10/h4-6H,3H2,1-2H3/t6-/m1/s1. The number of hydrogen-bond donors (Lipinski definition) is 0. The molecule has 0 amide bonds. The molecule has 0 aromatic carbocycles. The Morgan fingerprint density at radius 3 is 2.90 bits per heavy atom. The summed E-state index contributed by atoms with van der Waals surface area (Å²) in [6, 6.07) is 0.451. The monoisotopic (exact) mass is 158 g/mol. The van der Waals surface area contributed by atoms with Crippen LogP contribution in [0.1, 0.15) is 26.3 Å². The summed E-state index contributed by atoms with van der Waals surface area (Å²) in [4.78, 5) is 0. The van der Waals surface area contributed by atoms with Crippen LogP contribution in [0.5, 0.6) is 0 Å². The third-order valence-electron chi connectivity index (χ3n) is 1.61. The Kier molecular flexibility index (Phi) is 2.33. The molecule has 2 nitrogen and oxygen atoms in total. The van der Waals surface area contributed by atoms with Crippen LogP contribution in [0.3, 0.4) is 0 Å². The van der Waals surface area contributed by atoms with Gasteiger partial charge in [0, 0.05) is 12.2 Å². The van der Waals surface area contributed by atoms with Gasteiger partial charge in [0.05, 0.1) is 11.2 Å². The molecule has 0 radical (unpaired) electrons. The summed E-state index contributed by atoms with van der Waals surface area (Å²) in [5, 5.41) is 4.78. The van der Waals surface area contributed by atoms with E-state index in [1.807, 2.05) is 10.9 Å². The van der Waals surface area contributed by atoms with E-state index < -0.39 is 0 Å². The van der Waals surface area contributed by atoms with E-state index in [0.717, 1.165) is 6.42 Å². The van der Waals surface area contributed by atoms with Gasteiger partial charge in [-0.3, -0.25) is 4.68 Å². The molecule has 1 atom stereocenters. The van der Waals surface area contributed by atoms with Crippen LogP contribution in [0.25, 0.3) is 0 Å². The largest absolute Gasteiger partial charge is 0.268 e. The molecule has 0 aliphatic carbocycles. The van der Waals surface area contributed by atoms with Crippen molar-refractivity contribution in [2.75, 3.05) is 0 Å². The Balaban J connectivity index is 2.74. The molecule has 1 aromatic rings. The zero-order chi connectivity index (χ0) is 7.56. The molecule has 0 saturated carbocycles. The lowest BCUT2D eigenvalue weighted by atomic mass is 10.3. The third-order valence-corrected chi connectivity index (χ3v) is 1.81. The van der Waals surface area contributed by atoms with Crippen LogP contribution in [-0.4, -0.2) is 9.78 Å². The van der Waals surface area contributed by atoms with Crippen LogP contribution in [-0.2, 0) is 0 Å². The second-order valence-electron chi connectivity index (χ2n) is 2.40. The fourth-order valence-electron chi connectivity index (χ4n) is 0.743. The van der Waals surface area contributed by atoms with Gasteiger partial charge in [-0.15, -0.1) is 0 Å². The molecule has 0 fully saturated rings. The molecule has 0 saturated heterocycles. The average molecular weight is 159 g/mol. The first kappa shape index (κ1) is 7.61. The fraction of sp³-hybridized carbons (Fsp3) is 0.571. The Bertz CT molecular complexity index is 207. The minimum Gasteiger partial charge on any atom is -0.268 e. The predicted octanol–water partition coefficient (Wildman–Crippen LogP) is 2.51. The minimum atomic E-state index is 0.451. The molecular formula is C7H11ClN2. The van der Waals surface area contributed by atoms with Gasteiger partial charge in [-0.05, 0) is 13.3 Å². The molecule has 0 N–H and O–H groups in total. The van der Waals surface area contributed by atoms with Crippen molar-refractivity contribution in [3.05, 3.63) is 17.4 Å². The van der Waals surface area contributed by atoms with Crippen molar-refractivity contribution in [1.29, 1.82) is 0 Å². The molecule has 1 aromatic heterocycles. The van der Waals surface area contributed by atoms with Crippen molar-refractivity contribution >= 4 is 11.6 Å². The van der Waals surface area contributed by atoms with Gasteiger partial charge in [0.25, 0.3) is 0 Å². The Labute approximate surface area is 65.8 Å². The van der Waals surface area contributed by atoms with Gasteiger partial charge >= 0.3 is 0 Å². The van der Waals surface area contributed by atoms with Gasteiger partial charge in [-0.2, -0.15) is 5.10 Å². The van der Waals surface area contributed by atoms with E-state index in [-0.39, 0.29) is 0 Å². The van der Waals surface area contributed by atoms with Crippen molar-refractivity contribution in [3.63, 3.8) is 0 Å². The number of halogens is 1. The maximum absolute atomic E-state index is 5.68. The maximum atomic E-state index is 5.68. The van der Waals surface area contributed by atoms with E-state index in [4.69, 9.17) is 11.6 Å². The summed E-state index contributed by atoms with van der Waals surface area (Å²) >= 11 is 5.68. The van der Waals surface area contributed by atoms with Gasteiger partial charge < -0.3 is 0 Å². The zero-order valence-corrected chi connectivity index (χ0v) is 6.97. The first-order chi connectivity index (χ1) is 4.74. The maximum Gasteiger partial charge on any atom is 0.0785 e. The van der Waals surface area contributed by atoms with Gasteiger partial charge in [0.15, 0.2) is 0 Å². The summed E-state index contributed by atoms with van der Waals surface area (Å²) in [5.74, 6) is 0. The number of rotatable bonds is 2. The fourth-order valence-corrected chi connectivity index (χ4v) is 0.887. The molecule has 1 rings (SSSR count). The lowest BCUT2D eigenvalue weighted by Gasteiger charge is -2.06. The first-order valence-corrected chi connectivity index (χ1v) is 3.81. The van der Waals surface area contributed by atoms with E-state index in [0.29, 0.717) is 11.1 Å². The smallest absolute Gasteiger partial charge is 0.0785 e. The number of aromatic nitrogens is 2. The summed E-state index contributed by atoms with van der Waals surface area (Å²) < 4.78 is 1.88. The highest BCUT2D eigenvalue weighted by Gasteiger charge is 2.01. The van der Waals surface area contributed by atoms with E-state index in [2.05, 4.69) is 18.9 Å². The highest BCUT2D eigenvalue weighted by molar-refractivity contribution is 6.30. The molecule has 1 heterocycles. The number of nitrogens with zero attached hydrogens (tertiary/aromatic N) is 2. The predicted molar refractivity (Wildman–Crippen MR) is 42.2 cm³/mol. The highest BCUT2D eigenvalue weighted by Crippen LogP contribution is 2.12. The van der Waals surface area contributed by atoms with Gasteiger partial charge in [0.2, 0.25) is 0 Å². The molecular weight excluding hydrogens is 148 g/mol. The van der Waals surface area contributed by atoms with Crippen LogP contribution in [0.4, 0.5) is 0 Å². The van der Waals surface area contributed by atoms with Gasteiger partial charge in [-0.1, -0.05) is 18.5 Å². The molecule has 0 aliphatic heterocycles. The van der Waals surface area contributed by atoms with E-state index in [9.17, 15) is 0 Å². The lowest BCUT2D eigenvalue weighted by Crippen LogP contribution is -2.03. The van der Waals surface area contributed by atoms with E-state index in [1.165, 1.54) is 0 Å². The summed E-state index contributed by atoms with van der Waals surface area (Å²) in [5.41, 5.74) is 0. The summed E-state index contributed by atoms with van der Waals surface area (Å²) in [7, 11) is 0. The Morgan fingerprint density at radius 1 is 1.80 bits per heavy atom. The normalized spacial score (nSPS) is 13.5. The van der Waals surface area contributed by atoms with Crippen molar-refractivity contribution in [3.8, 4) is 0 Å². The van der Waals surface area contributed by atoms with Crippen molar-refractivity contribution in [2.45, 2.75) is 26.3 Å². The van der Waals surface area contributed by atoms with E-state index >= 15 is 0 Å². The second-order valence-corrected chi connectivity index (χ2v) is 2.83. The van der Waals surface area contributed by atoms with Crippen LogP contribution in [0.2, 0.25) is 5.02 Å². The molecule has 0 aliphatic rings. The van der Waals surface area contributed by atoms with Crippen molar-refractivity contribution in [1.82, 2.24) is 9.78 Å². The molecule has 56 valence electrons. The average Bonchev–Trinajstić information content (AvgIpc) is 2.34. The van der Waals surface area contributed by atoms with Gasteiger partial charge in [0.1, 0.15) is 0 Å². The number of hydrogen-bond acceptors (Lipinski definition) is 1. The molecule has 3 heteroatoms. The lowest BCUT2D eigenvalue weighted by molar-refractivity contribution is 0.478. The highest BCUT2D eigenvalue weighted by atomic mass is 35.5. The molecule has 0 unspecified atom stereocenters. The van der Waals surface area contributed by atoms with Crippen LogP contribution in [0, 0.1) is 0 Å². The van der Waals surface area contributed by atoms with Crippen LogP contribution < -0.4 is 0 Å². The summed E-state index contributed by atoms with van der Waals surface area (Å²) in [6.45, 7) is 4.24. The second kappa shape index (κ2) is 3.06. The minimum absolute atomic E-state index is 0.451. The SMILES string of the molecule is CC[C@@H](C)n1cc(Cl)cn1. The first-order valence-electron chi connectivity index (χ1n) is 3.43. The zero-order valence-electron chi connectivity index (χ0n) is 6.21. The Hall–Kier alpha value is -0.500. The van der Waals surface area contributed by atoms with E-state index in [1.54, 1.807) is 6.20 Å². The quantitative estimate of drug-likeness (QED) is 0.647. The summed E-state index contributed by atoms with van der Waals surface area (Å²) in [6.07, 6.45) is 4.58. The van der Waals surface area contributed by atoms with Crippen LogP contribution in [0.15, 0.2) is 12.4 Å². The molecule has 0 bridgehead atoms.